The molecule has 1 aromatic heterocycles. The van der Waals surface area contributed by atoms with Crippen molar-refractivity contribution in [2.75, 3.05) is 14.1 Å². The van der Waals surface area contributed by atoms with Crippen LogP contribution < -0.4 is 4.74 Å². The highest BCUT2D eigenvalue weighted by Crippen LogP contribution is 2.27. The zero-order chi connectivity index (χ0) is 11.7. The number of aromatic nitrogens is 1. The predicted octanol–water partition coefficient (Wildman–Crippen LogP) is 1.46. The lowest BCUT2D eigenvalue weighted by Gasteiger charge is -2.11. The van der Waals surface area contributed by atoms with Crippen LogP contribution >= 0.6 is 0 Å². The number of amides is 1. The number of hydrogen-bond donors (Lipinski definition) is 0. The second-order valence-electron chi connectivity index (χ2n) is 4.03. The fourth-order valence-electron chi connectivity index (χ4n) is 1.26. The highest BCUT2D eigenvalue weighted by Gasteiger charge is 2.24. The molecule has 1 amide bonds. The van der Waals surface area contributed by atoms with E-state index in [4.69, 9.17) is 4.74 Å². The monoisotopic (exact) mass is 224 g/mol. The molecule has 1 aromatic rings. The summed E-state index contributed by atoms with van der Waals surface area (Å²) >= 11 is 0. The lowest BCUT2D eigenvalue weighted by Crippen LogP contribution is -2.23. The van der Waals surface area contributed by atoms with Gasteiger partial charge in [0.15, 0.2) is 0 Å². The Morgan fingerprint density at radius 2 is 2.19 bits per heavy atom. The first-order valence-electron chi connectivity index (χ1n) is 5.12. The first kappa shape index (κ1) is 10.9. The van der Waals surface area contributed by atoms with Gasteiger partial charge in [0, 0.05) is 26.2 Å². The summed E-state index contributed by atoms with van der Waals surface area (Å²) in [4.78, 5) is 16.5. The molecule has 86 valence electrons. The topological polar surface area (TPSA) is 42.4 Å². The summed E-state index contributed by atoms with van der Waals surface area (Å²) in [6.45, 7) is 0. The minimum atomic E-state index is -0.691. The minimum Gasteiger partial charge on any atom is -0.490 e. The first-order chi connectivity index (χ1) is 7.56. The third-order valence-corrected chi connectivity index (χ3v) is 2.22. The maximum Gasteiger partial charge on any atom is 0.272 e. The van der Waals surface area contributed by atoms with E-state index in [0.717, 1.165) is 12.8 Å². The maximum absolute atomic E-state index is 13.2. The van der Waals surface area contributed by atoms with Crippen molar-refractivity contribution in [2.24, 2.45) is 0 Å². The molecular formula is C11H13FN2O2. The fraction of sp³-hybridized carbons (Fsp3) is 0.455. The van der Waals surface area contributed by atoms with Crippen molar-refractivity contribution in [1.82, 2.24) is 9.88 Å². The fourth-order valence-corrected chi connectivity index (χ4v) is 1.26. The van der Waals surface area contributed by atoms with Gasteiger partial charge in [0.2, 0.25) is 5.95 Å². The maximum atomic E-state index is 13.2. The van der Waals surface area contributed by atoms with Crippen LogP contribution in [0.15, 0.2) is 12.1 Å². The number of hydrogen-bond acceptors (Lipinski definition) is 3. The zero-order valence-corrected chi connectivity index (χ0v) is 9.24. The highest BCUT2D eigenvalue weighted by molar-refractivity contribution is 5.92. The van der Waals surface area contributed by atoms with Gasteiger partial charge in [-0.1, -0.05) is 0 Å². The van der Waals surface area contributed by atoms with Crippen LogP contribution in [0.5, 0.6) is 5.75 Å². The molecule has 5 heteroatoms. The van der Waals surface area contributed by atoms with Crippen molar-refractivity contribution >= 4 is 5.91 Å². The molecule has 16 heavy (non-hydrogen) atoms. The van der Waals surface area contributed by atoms with E-state index in [1.807, 2.05) is 0 Å². The molecule has 1 aliphatic carbocycles. The molecule has 0 radical (unpaired) electrons. The van der Waals surface area contributed by atoms with Crippen LogP contribution in [-0.2, 0) is 0 Å². The van der Waals surface area contributed by atoms with E-state index in [9.17, 15) is 9.18 Å². The van der Waals surface area contributed by atoms with Crippen LogP contribution in [0.2, 0.25) is 0 Å². The van der Waals surface area contributed by atoms with Crippen molar-refractivity contribution in [3.63, 3.8) is 0 Å². The molecule has 0 aromatic carbocycles. The molecule has 2 rings (SSSR count). The van der Waals surface area contributed by atoms with Gasteiger partial charge in [-0.2, -0.15) is 4.39 Å². The third-order valence-electron chi connectivity index (χ3n) is 2.22. The average Bonchev–Trinajstić information content (AvgIpc) is 2.99. The van der Waals surface area contributed by atoms with E-state index < -0.39 is 5.95 Å². The lowest BCUT2D eigenvalue weighted by molar-refractivity contribution is 0.0820. The van der Waals surface area contributed by atoms with Gasteiger partial charge in [-0.15, -0.1) is 0 Å². The normalized spacial score (nSPS) is 14.7. The third kappa shape index (κ3) is 2.48. The Bertz CT molecular complexity index is 416. The van der Waals surface area contributed by atoms with Gasteiger partial charge in [-0.3, -0.25) is 4.79 Å². The van der Waals surface area contributed by atoms with Crippen molar-refractivity contribution in [3.05, 3.63) is 23.8 Å². The van der Waals surface area contributed by atoms with Crippen molar-refractivity contribution in [3.8, 4) is 5.75 Å². The van der Waals surface area contributed by atoms with Gasteiger partial charge in [-0.05, 0) is 12.8 Å². The van der Waals surface area contributed by atoms with Gasteiger partial charge in [0.05, 0.1) is 6.10 Å². The van der Waals surface area contributed by atoms with E-state index in [1.54, 1.807) is 14.1 Å². The second-order valence-corrected chi connectivity index (χ2v) is 4.03. The minimum absolute atomic E-state index is 0.0700. The Balaban J connectivity index is 2.23. The molecule has 0 bridgehead atoms. The van der Waals surface area contributed by atoms with E-state index in [0.29, 0.717) is 5.75 Å². The molecule has 0 N–H and O–H groups in total. The summed E-state index contributed by atoms with van der Waals surface area (Å²) in [7, 11) is 3.19. The van der Waals surface area contributed by atoms with Gasteiger partial charge in [-0.25, -0.2) is 4.98 Å². The Morgan fingerprint density at radius 3 is 2.75 bits per heavy atom. The highest BCUT2D eigenvalue weighted by atomic mass is 19.1. The molecule has 0 saturated heterocycles. The number of nitrogens with zero attached hydrogens (tertiary/aromatic N) is 2. The number of carbonyl (C=O) groups is 1. The van der Waals surface area contributed by atoms with E-state index in [1.165, 1.54) is 17.0 Å². The molecular weight excluding hydrogens is 211 g/mol. The van der Waals surface area contributed by atoms with E-state index >= 15 is 0 Å². The molecule has 1 heterocycles. The Kier molecular flexibility index (Phi) is 2.77. The summed E-state index contributed by atoms with van der Waals surface area (Å²) < 4.78 is 18.6. The first-order valence-corrected chi connectivity index (χ1v) is 5.12. The molecule has 1 aliphatic rings. The Labute approximate surface area is 93.0 Å². The largest absolute Gasteiger partial charge is 0.490 e. The van der Waals surface area contributed by atoms with Crippen LogP contribution in [0.4, 0.5) is 4.39 Å². The summed E-state index contributed by atoms with van der Waals surface area (Å²) in [5, 5.41) is 0. The van der Waals surface area contributed by atoms with Crippen LogP contribution in [-0.4, -0.2) is 36.0 Å². The summed E-state index contributed by atoms with van der Waals surface area (Å²) in [5.41, 5.74) is 0.0700. The molecule has 0 atom stereocenters. The average molecular weight is 224 g/mol. The summed E-state index contributed by atoms with van der Waals surface area (Å²) in [5.74, 6) is -0.649. The number of ether oxygens (including phenoxy) is 1. The SMILES string of the molecule is CN(C)C(=O)c1cc(OC2CC2)cc(F)n1. The predicted molar refractivity (Wildman–Crippen MR) is 55.9 cm³/mol. The standard InChI is InChI=1S/C11H13FN2O2/c1-14(2)11(15)9-5-8(6-10(12)13-9)16-7-3-4-7/h5-7H,3-4H2,1-2H3. The molecule has 0 aliphatic heterocycles. The molecule has 0 unspecified atom stereocenters. The Hall–Kier alpha value is -1.65. The van der Waals surface area contributed by atoms with Crippen molar-refractivity contribution in [1.29, 1.82) is 0 Å². The lowest BCUT2D eigenvalue weighted by atomic mass is 10.3. The summed E-state index contributed by atoms with van der Waals surface area (Å²) in [6, 6.07) is 2.68. The van der Waals surface area contributed by atoms with E-state index in [-0.39, 0.29) is 17.7 Å². The van der Waals surface area contributed by atoms with E-state index in [2.05, 4.69) is 4.98 Å². The number of halogens is 1. The van der Waals surface area contributed by atoms with Crippen molar-refractivity contribution in [2.45, 2.75) is 18.9 Å². The quantitative estimate of drug-likeness (QED) is 0.730. The van der Waals surface area contributed by atoms with Gasteiger partial charge in [0.1, 0.15) is 11.4 Å². The Morgan fingerprint density at radius 1 is 1.50 bits per heavy atom. The molecule has 0 spiro atoms. The van der Waals surface area contributed by atoms with Crippen molar-refractivity contribution < 1.29 is 13.9 Å². The molecule has 1 fully saturated rings. The van der Waals surface area contributed by atoms with Gasteiger partial charge >= 0.3 is 0 Å². The number of carbonyl (C=O) groups excluding carboxylic acids is 1. The molecule has 1 saturated carbocycles. The smallest absolute Gasteiger partial charge is 0.272 e. The second kappa shape index (κ2) is 4.08. The van der Waals surface area contributed by atoms with Crippen LogP contribution in [0.25, 0.3) is 0 Å². The van der Waals surface area contributed by atoms with Crippen LogP contribution in [0.1, 0.15) is 23.3 Å². The molecule has 4 nitrogen and oxygen atoms in total. The number of pyridine rings is 1. The van der Waals surface area contributed by atoms with Gasteiger partial charge < -0.3 is 9.64 Å². The van der Waals surface area contributed by atoms with Crippen LogP contribution in [0, 0.1) is 5.95 Å². The zero-order valence-electron chi connectivity index (χ0n) is 9.24. The van der Waals surface area contributed by atoms with Crippen LogP contribution in [0.3, 0.4) is 0 Å². The summed E-state index contributed by atoms with van der Waals surface area (Å²) in [6.07, 6.45) is 2.14. The van der Waals surface area contributed by atoms with Gasteiger partial charge in [0.25, 0.3) is 5.91 Å². The number of rotatable bonds is 3.